The van der Waals surface area contributed by atoms with Gasteiger partial charge >= 0.3 is 0 Å². The highest BCUT2D eigenvalue weighted by atomic mass is 32.1. The summed E-state index contributed by atoms with van der Waals surface area (Å²) in [5.74, 6) is 0. The van der Waals surface area contributed by atoms with Crippen LogP contribution >= 0.6 is 11.3 Å². The molecule has 0 saturated heterocycles. The predicted octanol–water partition coefficient (Wildman–Crippen LogP) is 4.52. The van der Waals surface area contributed by atoms with Crippen LogP contribution in [0.15, 0.2) is 54.0 Å². The summed E-state index contributed by atoms with van der Waals surface area (Å²) in [6.45, 7) is 8.18. The van der Waals surface area contributed by atoms with Crippen LogP contribution in [-0.2, 0) is 26.1 Å². The number of thiophene rings is 1. The molecule has 3 nitrogen and oxygen atoms in total. The Morgan fingerprint density at radius 3 is 2.58 bits per heavy atom. The number of hydrogen-bond donors (Lipinski definition) is 0. The Kier molecular flexibility index (Phi) is 5.83. The van der Waals surface area contributed by atoms with Crippen LogP contribution in [0.1, 0.15) is 28.6 Å². The van der Waals surface area contributed by atoms with Crippen molar-refractivity contribution in [2.24, 2.45) is 0 Å². The Morgan fingerprint density at radius 1 is 1.08 bits per heavy atom. The van der Waals surface area contributed by atoms with Gasteiger partial charge in [-0.05, 0) is 37.3 Å². The van der Waals surface area contributed by atoms with Gasteiger partial charge in [0.05, 0.1) is 5.69 Å². The molecule has 4 heteroatoms. The van der Waals surface area contributed by atoms with Crippen molar-refractivity contribution >= 4 is 11.3 Å². The summed E-state index contributed by atoms with van der Waals surface area (Å²) in [6.07, 6.45) is 3.27. The van der Waals surface area contributed by atoms with Crippen LogP contribution in [-0.4, -0.2) is 21.2 Å². The molecule has 3 rings (SSSR count). The number of aromatic nitrogens is 2. The zero-order valence-electron chi connectivity index (χ0n) is 14.5. The molecule has 24 heavy (non-hydrogen) atoms. The van der Waals surface area contributed by atoms with Gasteiger partial charge in [0.1, 0.15) is 0 Å². The van der Waals surface area contributed by atoms with E-state index in [9.17, 15) is 0 Å². The summed E-state index contributed by atoms with van der Waals surface area (Å²) in [4.78, 5) is 3.95. The van der Waals surface area contributed by atoms with Gasteiger partial charge in [0.2, 0.25) is 0 Å². The lowest BCUT2D eigenvalue weighted by molar-refractivity contribution is 0.262. The first-order chi connectivity index (χ1) is 11.7. The molecular formula is C20H25N3S. The fourth-order valence-electron chi connectivity index (χ4n) is 2.89. The lowest BCUT2D eigenvalue weighted by Gasteiger charge is -2.21. The third kappa shape index (κ3) is 4.56. The maximum atomic E-state index is 4.59. The molecule has 0 saturated carbocycles. The molecule has 126 valence electrons. The molecule has 3 aromatic rings. The molecule has 0 aliphatic rings. The van der Waals surface area contributed by atoms with Gasteiger partial charge in [-0.3, -0.25) is 9.58 Å². The van der Waals surface area contributed by atoms with Crippen molar-refractivity contribution in [3.63, 3.8) is 0 Å². The minimum absolute atomic E-state index is 0.926. The Hall–Kier alpha value is -1.91. The highest BCUT2D eigenvalue weighted by molar-refractivity contribution is 7.09. The van der Waals surface area contributed by atoms with Crippen molar-refractivity contribution in [3.8, 4) is 0 Å². The minimum Gasteiger partial charge on any atom is -0.294 e. The molecule has 1 aromatic carbocycles. The Balaban J connectivity index is 1.70. The standard InChI is InChI=1S/C20H25N3S/c1-3-23-15-19(17(2)21-23)14-22(16-20-10-7-13-24-20)12-11-18-8-5-4-6-9-18/h4-10,13,15H,3,11-12,14,16H2,1-2H3. The van der Waals surface area contributed by atoms with Crippen molar-refractivity contribution in [1.29, 1.82) is 0 Å². The molecule has 0 fully saturated rings. The van der Waals surface area contributed by atoms with Gasteiger partial charge in [-0.15, -0.1) is 11.3 Å². The third-order valence-electron chi connectivity index (χ3n) is 4.29. The molecule has 0 radical (unpaired) electrons. The van der Waals surface area contributed by atoms with Crippen LogP contribution in [0.25, 0.3) is 0 Å². The van der Waals surface area contributed by atoms with Gasteiger partial charge in [-0.1, -0.05) is 36.4 Å². The van der Waals surface area contributed by atoms with E-state index >= 15 is 0 Å². The molecule has 2 aromatic heterocycles. The summed E-state index contributed by atoms with van der Waals surface area (Å²) in [6, 6.07) is 15.1. The molecule has 0 spiro atoms. The molecule has 0 bridgehead atoms. The van der Waals surface area contributed by atoms with E-state index < -0.39 is 0 Å². The van der Waals surface area contributed by atoms with E-state index in [2.05, 4.69) is 77.9 Å². The van der Waals surface area contributed by atoms with Crippen molar-refractivity contribution in [1.82, 2.24) is 14.7 Å². The fraction of sp³-hybridized carbons (Fsp3) is 0.350. The van der Waals surface area contributed by atoms with Gasteiger partial charge in [0, 0.05) is 42.8 Å². The maximum Gasteiger partial charge on any atom is 0.0638 e. The Bertz CT molecular complexity index is 732. The summed E-state index contributed by atoms with van der Waals surface area (Å²) >= 11 is 1.83. The topological polar surface area (TPSA) is 21.1 Å². The molecule has 0 N–H and O–H groups in total. The van der Waals surface area contributed by atoms with Gasteiger partial charge in [0.15, 0.2) is 0 Å². The van der Waals surface area contributed by atoms with Gasteiger partial charge in [-0.2, -0.15) is 5.10 Å². The number of nitrogens with zero attached hydrogens (tertiary/aromatic N) is 3. The summed E-state index contributed by atoms with van der Waals surface area (Å²) < 4.78 is 2.03. The van der Waals surface area contributed by atoms with Crippen LogP contribution in [0.4, 0.5) is 0 Å². The van der Waals surface area contributed by atoms with Crippen molar-refractivity contribution in [2.75, 3.05) is 6.54 Å². The summed E-state index contributed by atoms with van der Waals surface area (Å²) in [5.41, 5.74) is 3.88. The second-order valence-electron chi connectivity index (χ2n) is 6.12. The van der Waals surface area contributed by atoms with Crippen molar-refractivity contribution in [2.45, 2.75) is 39.9 Å². The molecule has 0 unspecified atom stereocenters. The van der Waals surface area contributed by atoms with E-state index in [0.29, 0.717) is 0 Å². The predicted molar refractivity (Wildman–Crippen MR) is 101 cm³/mol. The molecular weight excluding hydrogens is 314 g/mol. The van der Waals surface area contributed by atoms with E-state index in [-0.39, 0.29) is 0 Å². The van der Waals surface area contributed by atoms with Gasteiger partial charge < -0.3 is 0 Å². The van der Waals surface area contributed by atoms with Crippen LogP contribution in [0.2, 0.25) is 0 Å². The lowest BCUT2D eigenvalue weighted by atomic mass is 10.1. The Morgan fingerprint density at radius 2 is 1.92 bits per heavy atom. The number of hydrogen-bond acceptors (Lipinski definition) is 3. The number of rotatable bonds is 8. The van der Waals surface area contributed by atoms with E-state index in [1.165, 1.54) is 16.0 Å². The van der Waals surface area contributed by atoms with Crippen molar-refractivity contribution < 1.29 is 0 Å². The van der Waals surface area contributed by atoms with E-state index in [1.54, 1.807) is 0 Å². The highest BCUT2D eigenvalue weighted by Gasteiger charge is 2.12. The molecule has 0 aliphatic heterocycles. The summed E-state index contributed by atoms with van der Waals surface area (Å²) in [7, 11) is 0. The van der Waals surface area contributed by atoms with Crippen LogP contribution in [0.5, 0.6) is 0 Å². The monoisotopic (exact) mass is 339 g/mol. The lowest BCUT2D eigenvalue weighted by Crippen LogP contribution is -2.25. The minimum atomic E-state index is 0.926. The molecule has 0 amide bonds. The Labute approximate surface area is 148 Å². The van der Waals surface area contributed by atoms with Crippen LogP contribution in [0, 0.1) is 6.92 Å². The third-order valence-corrected chi connectivity index (χ3v) is 5.15. The number of aryl methyl sites for hydroxylation is 2. The SMILES string of the molecule is CCn1cc(CN(CCc2ccccc2)Cc2cccs2)c(C)n1. The first-order valence-electron chi connectivity index (χ1n) is 8.56. The molecule has 2 heterocycles. The maximum absolute atomic E-state index is 4.59. The second-order valence-corrected chi connectivity index (χ2v) is 7.15. The second kappa shape index (κ2) is 8.27. The highest BCUT2D eigenvalue weighted by Crippen LogP contribution is 2.17. The smallest absolute Gasteiger partial charge is 0.0638 e. The van der Waals surface area contributed by atoms with E-state index in [4.69, 9.17) is 0 Å². The van der Waals surface area contributed by atoms with E-state index in [1.807, 2.05) is 16.0 Å². The molecule has 0 aliphatic carbocycles. The van der Waals surface area contributed by atoms with Crippen LogP contribution in [0.3, 0.4) is 0 Å². The summed E-state index contributed by atoms with van der Waals surface area (Å²) in [5, 5.41) is 6.75. The first-order valence-corrected chi connectivity index (χ1v) is 9.44. The zero-order chi connectivity index (χ0) is 16.8. The molecule has 0 atom stereocenters. The number of benzene rings is 1. The fourth-order valence-corrected chi connectivity index (χ4v) is 3.63. The van der Waals surface area contributed by atoms with E-state index in [0.717, 1.165) is 38.3 Å². The normalized spacial score (nSPS) is 11.3. The van der Waals surface area contributed by atoms with Gasteiger partial charge in [0.25, 0.3) is 0 Å². The zero-order valence-corrected chi connectivity index (χ0v) is 15.3. The van der Waals surface area contributed by atoms with Gasteiger partial charge in [-0.25, -0.2) is 0 Å². The average molecular weight is 340 g/mol. The first kappa shape index (κ1) is 16.9. The van der Waals surface area contributed by atoms with Crippen LogP contribution < -0.4 is 0 Å². The van der Waals surface area contributed by atoms with Crippen molar-refractivity contribution in [3.05, 3.63) is 75.7 Å². The average Bonchev–Trinajstić information content (AvgIpc) is 3.23. The quantitative estimate of drug-likeness (QED) is 0.602. The largest absolute Gasteiger partial charge is 0.294 e.